The van der Waals surface area contributed by atoms with E-state index in [9.17, 15) is 5.11 Å². The minimum atomic E-state index is -0.366. The van der Waals surface area contributed by atoms with Crippen LogP contribution in [0, 0.1) is 5.92 Å². The lowest BCUT2D eigenvalue weighted by Crippen LogP contribution is -2.50. The van der Waals surface area contributed by atoms with Crippen LogP contribution < -0.4 is 0 Å². The van der Waals surface area contributed by atoms with Crippen LogP contribution >= 0.6 is 0 Å². The van der Waals surface area contributed by atoms with Crippen LogP contribution in [0.3, 0.4) is 0 Å². The van der Waals surface area contributed by atoms with Crippen molar-refractivity contribution in [1.29, 1.82) is 0 Å². The molecule has 2 aliphatic heterocycles. The molecule has 0 aliphatic carbocycles. The molecule has 0 aromatic carbocycles. The summed E-state index contributed by atoms with van der Waals surface area (Å²) >= 11 is 0. The van der Waals surface area contributed by atoms with Crippen molar-refractivity contribution in [2.45, 2.75) is 32.0 Å². The van der Waals surface area contributed by atoms with Crippen molar-refractivity contribution in [2.75, 3.05) is 39.5 Å². The lowest BCUT2D eigenvalue weighted by molar-refractivity contribution is -0.122. The first kappa shape index (κ1) is 12.3. The maximum absolute atomic E-state index is 10.3. The monoisotopic (exact) mass is 229 g/mol. The van der Waals surface area contributed by atoms with Crippen LogP contribution in [-0.2, 0) is 9.47 Å². The fraction of sp³-hybridized carbons (Fsp3) is 1.00. The van der Waals surface area contributed by atoms with Gasteiger partial charge >= 0.3 is 0 Å². The standard InChI is InChI=1S/C12H23NO3/c1-2-13-5-7-16-11(8-13)12(14)10-4-3-6-15-9-10/h10-12,14H,2-9H2,1H3. The third-order valence-corrected chi connectivity index (χ3v) is 3.68. The van der Waals surface area contributed by atoms with E-state index in [0.29, 0.717) is 6.61 Å². The fourth-order valence-electron chi connectivity index (χ4n) is 2.56. The van der Waals surface area contributed by atoms with Gasteiger partial charge in [0.05, 0.1) is 25.4 Å². The zero-order chi connectivity index (χ0) is 11.4. The third kappa shape index (κ3) is 2.94. The Labute approximate surface area is 97.5 Å². The summed E-state index contributed by atoms with van der Waals surface area (Å²) in [6.45, 7) is 7.30. The Morgan fingerprint density at radius 2 is 2.31 bits per heavy atom. The van der Waals surface area contributed by atoms with E-state index >= 15 is 0 Å². The van der Waals surface area contributed by atoms with Crippen LogP contribution in [0.15, 0.2) is 0 Å². The van der Waals surface area contributed by atoms with Gasteiger partial charge in [-0.25, -0.2) is 0 Å². The first-order chi connectivity index (χ1) is 7.81. The fourth-order valence-corrected chi connectivity index (χ4v) is 2.56. The molecule has 2 heterocycles. The van der Waals surface area contributed by atoms with Crippen LogP contribution in [-0.4, -0.2) is 61.7 Å². The molecule has 0 aromatic heterocycles. The molecule has 4 heteroatoms. The quantitative estimate of drug-likeness (QED) is 0.765. The zero-order valence-corrected chi connectivity index (χ0v) is 10.1. The second kappa shape index (κ2) is 5.96. The summed E-state index contributed by atoms with van der Waals surface area (Å²) in [5.74, 6) is 0.260. The number of rotatable bonds is 3. The number of hydrogen-bond acceptors (Lipinski definition) is 4. The second-order valence-electron chi connectivity index (χ2n) is 4.77. The van der Waals surface area contributed by atoms with Gasteiger partial charge in [-0.15, -0.1) is 0 Å². The lowest BCUT2D eigenvalue weighted by Gasteiger charge is -2.38. The summed E-state index contributed by atoms with van der Waals surface area (Å²) < 4.78 is 11.1. The van der Waals surface area contributed by atoms with Gasteiger partial charge in [-0.2, -0.15) is 0 Å². The number of aliphatic hydroxyl groups excluding tert-OH is 1. The molecule has 2 saturated heterocycles. The highest BCUT2D eigenvalue weighted by Crippen LogP contribution is 2.22. The Morgan fingerprint density at radius 3 is 3.00 bits per heavy atom. The van der Waals surface area contributed by atoms with Gasteiger partial charge in [0.15, 0.2) is 0 Å². The molecule has 4 nitrogen and oxygen atoms in total. The minimum Gasteiger partial charge on any atom is -0.390 e. The predicted octanol–water partition coefficient (Wildman–Crippen LogP) is 0.495. The van der Waals surface area contributed by atoms with Gasteiger partial charge in [-0.05, 0) is 19.4 Å². The van der Waals surface area contributed by atoms with Crippen molar-refractivity contribution in [3.05, 3.63) is 0 Å². The number of morpholine rings is 1. The van der Waals surface area contributed by atoms with Gasteiger partial charge in [-0.1, -0.05) is 6.92 Å². The highest BCUT2D eigenvalue weighted by Gasteiger charge is 2.32. The molecule has 0 aromatic rings. The molecule has 2 rings (SSSR count). The van der Waals surface area contributed by atoms with E-state index in [1.165, 1.54) is 0 Å². The first-order valence-electron chi connectivity index (χ1n) is 6.41. The van der Waals surface area contributed by atoms with E-state index in [2.05, 4.69) is 11.8 Å². The second-order valence-corrected chi connectivity index (χ2v) is 4.77. The van der Waals surface area contributed by atoms with E-state index in [4.69, 9.17) is 9.47 Å². The number of hydrogen-bond donors (Lipinski definition) is 1. The van der Waals surface area contributed by atoms with E-state index in [1.807, 2.05) is 0 Å². The van der Waals surface area contributed by atoms with Crippen molar-refractivity contribution in [2.24, 2.45) is 5.92 Å². The molecule has 0 saturated carbocycles. The van der Waals surface area contributed by atoms with Crippen LogP contribution in [0.4, 0.5) is 0 Å². The average molecular weight is 229 g/mol. The van der Waals surface area contributed by atoms with Crippen LogP contribution in [0.25, 0.3) is 0 Å². The molecule has 2 aliphatic rings. The van der Waals surface area contributed by atoms with Crippen molar-refractivity contribution in [3.63, 3.8) is 0 Å². The maximum Gasteiger partial charge on any atom is 0.0964 e. The number of ether oxygens (including phenoxy) is 2. The third-order valence-electron chi connectivity index (χ3n) is 3.68. The Morgan fingerprint density at radius 1 is 1.44 bits per heavy atom. The van der Waals surface area contributed by atoms with E-state index in [0.717, 1.165) is 45.7 Å². The largest absolute Gasteiger partial charge is 0.390 e. The molecule has 16 heavy (non-hydrogen) atoms. The Bertz CT molecular complexity index is 206. The lowest BCUT2D eigenvalue weighted by atomic mass is 9.92. The normalized spacial score (nSPS) is 34.9. The van der Waals surface area contributed by atoms with Gasteiger partial charge in [0.25, 0.3) is 0 Å². The number of nitrogens with zero attached hydrogens (tertiary/aromatic N) is 1. The molecule has 1 N–H and O–H groups in total. The smallest absolute Gasteiger partial charge is 0.0964 e. The van der Waals surface area contributed by atoms with E-state index in [1.54, 1.807) is 0 Å². The first-order valence-corrected chi connectivity index (χ1v) is 6.41. The highest BCUT2D eigenvalue weighted by molar-refractivity contribution is 4.83. The van der Waals surface area contributed by atoms with Crippen molar-refractivity contribution < 1.29 is 14.6 Å². The van der Waals surface area contributed by atoms with E-state index in [-0.39, 0.29) is 18.1 Å². The molecule has 0 spiro atoms. The Balaban J connectivity index is 1.84. The summed E-state index contributed by atoms with van der Waals surface area (Å²) in [5, 5.41) is 10.3. The molecular formula is C12H23NO3. The number of likely N-dealkylation sites (N-methyl/N-ethyl adjacent to an activating group) is 1. The molecule has 0 radical (unpaired) electrons. The van der Waals surface area contributed by atoms with Gasteiger partial charge in [0, 0.05) is 25.6 Å². The van der Waals surface area contributed by atoms with Crippen LogP contribution in [0.2, 0.25) is 0 Å². The summed E-state index contributed by atoms with van der Waals surface area (Å²) in [7, 11) is 0. The summed E-state index contributed by atoms with van der Waals surface area (Å²) in [6.07, 6.45) is 1.73. The Kier molecular flexibility index (Phi) is 4.58. The average Bonchev–Trinajstić information content (AvgIpc) is 2.39. The SMILES string of the molecule is CCN1CCOC(C(O)C2CCCOC2)C1. The molecule has 0 bridgehead atoms. The maximum atomic E-state index is 10.3. The topological polar surface area (TPSA) is 41.9 Å². The molecule has 0 amide bonds. The molecular weight excluding hydrogens is 206 g/mol. The Hall–Kier alpha value is -0.160. The van der Waals surface area contributed by atoms with Gasteiger partial charge < -0.3 is 14.6 Å². The van der Waals surface area contributed by atoms with Crippen LogP contribution in [0.1, 0.15) is 19.8 Å². The van der Waals surface area contributed by atoms with Crippen molar-refractivity contribution >= 4 is 0 Å². The minimum absolute atomic E-state index is 0.0274. The molecule has 3 unspecified atom stereocenters. The zero-order valence-electron chi connectivity index (χ0n) is 10.1. The number of aliphatic hydroxyl groups is 1. The van der Waals surface area contributed by atoms with Gasteiger partial charge in [-0.3, -0.25) is 4.90 Å². The van der Waals surface area contributed by atoms with Crippen molar-refractivity contribution in [3.8, 4) is 0 Å². The molecule has 94 valence electrons. The highest BCUT2D eigenvalue weighted by atomic mass is 16.5. The summed E-state index contributed by atoms with van der Waals surface area (Å²) in [4.78, 5) is 2.33. The summed E-state index contributed by atoms with van der Waals surface area (Å²) in [6, 6.07) is 0. The summed E-state index contributed by atoms with van der Waals surface area (Å²) in [5.41, 5.74) is 0. The van der Waals surface area contributed by atoms with E-state index < -0.39 is 0 Å². The van der Waals surface area contributed by atoms with Gasteiger partial charge in [0.2, 0.25) is 0 Å². The van der Waals surface area contributed by atoms with Crippen molar-refractivity contribution in [1.82, 2.24) is 4.90 Å². The van der Waals surface area contributed by atoms with Gasteiger partial charge in [0.1, 0.15) is 0 Å². The molecule has 2 fully saturated rings. The molecule has 3 atom stereocenters. The predicted molar refractivity (Wildman–Crippen MR) is 61.4 cm³/mol. The van der Waals surface area contributed by atoms with Crippen LogP contribution in [0.5, 0.6) is 0 Å².